The van der Waals surface area contributed by atoms with E-state index in [2.05, 4.69) is 40.7 Å². The average molecular weight is 519 g/mol. The van der Waals surface area contributed by atoms with Crippen molar-refractivity contribution in [3.05, 3.63) is 65.7 Å². The molecule has 0 spiro atoms. The standard InChI is InChI=1S/C34H46O4/c1-6-10-17-26(8-3)23-36-31-22-30(34(35)38-28-19-13-12-14-20-28)33(29-21-15-16-25(5)32(29)31)37-24-27(9-4)18-11-7-2/h12-16,19-22,26-27H,6-11,17-18,23-24H2,1-5H3. The number of hydrogen-bond donors (Lipinski definition) is 0. The summed E-state index contributed by atoms with van der Waals surface area (Å²) in [7, 11) is 0. The number of aryl methyl sites for hydroxylation is 1. The molecule has 4 heteroatoms. The van der Waals surface area contributed by atoms with E-state index in [0.29, 0.717) is 42.1 Å². The summed E-state index contributed by atoms with van der Waals surface area (Å²) in [6, 6.07) is 17.2. The number of carbonyl (C=O) groups is 1. The van der Waals surface area contributed by atoms with Gasteiger partial charge in [0.1, 0.15) is 22.8 Å². The molecular formula is C34H46O4. The lowest BCUT2D eigenvalue weighted by atomic mass is 9.98. The van der Waals surface area contributed by atoms with Crippen molar-refractivity contribution in [2.24, 2.45) is 11.8 Å². The molecule has 0 heterocycles. The smallest absolute Gasteiger partial charge is 0.347 e. The highest BCUT2D eigenvalue weighted by atomic mass is 16.5. The van der Waals surface area contributed by atoms with Gasteiger partial charge in [0.2, 0.25) is 0 Å². The number of para-hydroxylation sites is 1. The summed E-state index contributed by atoms with van der Waals surface area (Å²) in [5.41, 5.74) is 1.51. The van der Waals surface area contributed by atoms with Crippen LogP contribution in [0.4, 0.5) is 0 Å². The van der Waals surface area contributed by atoms with Crippen LogP contribution in [0.1, 0.15) is 95.0 Å². The molecule has 0 radical (unpaired) electrons. The predicted octanol–water partition coefficient (Wildman–Crippen LogP) is 9.56. The highest BCUT2D eigenvalue weighted by Crippen LogP contribution is 2.40. The van der Waals surface area contributed by atoms with Crippen LogP contribution in [0.15, 0.2) is 54.6 Å². The first-order chi connectivity index (χ1) is 18.5. The fourth-order valence-electron chi connectivity index (χ4n) is 4.87. The molecule has 0 bridgehead atoms. The Labute approximate surface area is 229 Å². The lowest BCUT2D eigenvalue weighted by Gasteiger charge is -2.22. The largest absolute Gasteiger partial charge is 0.493 e. The summed E-state index contributed by atoms with van der Waals surface area (Å²) >= 11 is 0. The van der Waals surface area contributed by atoms with Gasteiger partial charge in [-0.05, 0) is 55.4 Å². The molecule has 3 aromatic rings. The highest BCUT2D eigenvalue weighted by molar-refractivity contribution is 6.05. The van der Waals surface area contributed by atoms with Crippen LogP contribution < -0.4 is 14.2 Å². The molecule has 3 rings (SSSR count). The highest BCUT2D eigenvalue weighted by Gasteiger charge is 2.24. The Morgan fingerprint density at radius 2 is 1.42 bits per heavy atom. The number of unbranched alkanes of at least 4 members (excludes halogenated alkanes) is 2. The van der Waals surface area contributed by atoms with Crippen molar-refractivity contribution in [3.8, 4) is 17.2 Å². The number of benzene rings is 3. The lowest BCUT2D eigenvalue weighted by Crippen LogP contribution is -2.17. The second-order valence-corrected chi connectivity index (χ2v) is 10.4. The number of carbonyl (C=O) groups excluding carboxylic acids is 1. The van der Waals surface area contributed by atoms with Gasteiger partial charge in [-0.1, -0.05) is 103 Å². The number of ether oxygens (including phenoxy) is 3. The molecule has 0 N–H and O–H groups in total. The van der Waals surface area contributed by atoms with Gasteiger partial charge in [-0.2, -0.15) is 0 Å². The zero-order valence-corrected chi connectivity index (χ0v) is 24.1. The van der Waals surface area contributed by atoms with Crippen molar-refractivity contribution >= 4 is 16.7 Å². The minimum absolute atomic E-state index is 0.411. The van der Waals surface area contributed by atoms with Gasteiger partial charge in [0, 0.05) is 10.8 Å². The molecule has 4 nitrogen and oxygen atoms in total. The van der Waals surface area contributed by atoms with Crippen molar-refractivity contribution in [1.82, 2.24) is 0 Å². The van der Waals surface area contributed by atoms with Crippen LogP contribution in [-0.2, 0) is 0 Å². The molecule has 2 unspecified atom stereocenters. The number of hydrogen-bond acceptors (Lipinski definition) is 4. The number of rotatable bonds is 16. The number of esters is 1. The zero-order chi connectivity index (χ0) is 27.3. The molecule has 206 valence electrons. The van der Waals surface area contributed by atoms with Crippen LogP contribution in [0.5, 0.6) is 17.2 Å². The minimum atomic E-state index is -0.431. The summed E-state index contributed by atoms with van der Waals surface area (Å²) in [6.07, 6.45) is 9.08. The molecule has 0 aliphatic carbocycles. The van der Waals surface area contributed by atoms with E-state index >= 15 is 0 Å². The molecule has 0 aliphatic rings. The van der Waals surface area contributed by atoms with Gasteiger partial charge >= 0.3 is 5.97 Å². The Bertz CT molecular complexity index is 1140. The lowest BCUT2D eigenvalue weighted by molar-refractivity contribution is 0.0728. The Balaban J connectivity index is 2.04. The SMILES string of the molecule is CCCCC(CC)COc1c(C(=O)Oc2ccccc2)cc(OCC(CC)CCCC)c2c(C)cccc12. The van der Waals surface area contributed by atoms with Crippen LogP contribution in [0.25, 0.3) is 10.8 Å². The molecule has 0 amide bonds. The van der Waals surface area contributed by atoms with E-state index in [4.69, 9.17) is 14.2 Å². The molecule has 2 atom stereocenters. The topological polar surface area (TPSA) is 44.8 Å². The Kier molecular flexibility index (Phi) is 12.0. The second-order valence-electron chi connectivity index (χ2n) is 10.4. The molecule has 3 aromatic carbocycles. The summed E-state index contributed by atoms with van der Waals surface area (Å²) < 4.78 is 18.8. The predicted molar refractivity (Wildman–Crippen MR) is 158 cm³/mol. The Morgan fingerprint density at radius 1 is 0.789 bits per heavy atom. The van der Waals surface area contributed by atoms with Crippen molar-refractivity contribution in [2.45, 2.75) is 86.0 Å². The van der Waals surface area contributed by atoms with Crippen LogP contribution in [0.2, 0.25) is 0 Å². The molecule has 0 aromatic heterocycles. The third-order valence-electron chi connectivity index (χ3n) is 7.48. The van der Waals surface area contributed by atoms with Gasteiger partial charge in [0.05, 0.1) is 13.2 Å². The van der Waals surface area contributed by atoms with E-state index < -0.39 is 5.97 Å². The van der Waals surface area contributed by atoms with Crippen LogP contribution in [0, 0.1) is 18.8 Å². The first-order valence-corrected chi connectivity index (χ1v) is 14.6. The maximum Gasteiger partial charge on any atom is 0.347 e. The van der Waals surface area contributed by atoms with Gasteiger partial charge in [-0.25, -0.2) is 4.79 Å². The molecule has 38 heavy (non-hydrogen) atoms. The van der Waals surface area contributed by atoms with E-state index in [-0.39, 0.29) is 0 Å². The molecule has 0 saturated carbocycles. The quantitative estimate of drug-likeness (QED) is 0.140. The van der Waals surface area contributed by atoms with Crippen molar-refractivity contribution < 1.29 is 19.0 Å². The third-order valence-corrected chi connectivity index (χ3v) is 7.48. The first kappa shape index (κ1) is 29.5. The molecule has 0 aliphatic heterocycles. The summed E-state index contributed by atoms with van der Waals surface area (Å²) in [5, 5.41) is 1.90. The maximum absolute atomic E-state index is 13.6. The van der Waals surface area contributed by atoms with E-state index in [1.54, 1.807) is 12.1 Å². The van der Waals surface area contributed by atoms with Gasteiger partial charge in [0.15, 0.2) is 0 Å². The Hall–Kier alpha value is -3.01. The van der Waals surface area contributed by atoms with Gasteiger partial charge in [0.25, 0.3) is 0 Å². The second kappa shape index (κ2) is 15.4. The van der Waals surface area contributed by atoms with E-state index in [1.807, 2.05) is 36.4 Å². The van der Waals surface area contributed by atoms with Crippen molar-refractivity contribution in [2.75, 3.05) is 13.2 Å². The van der Waals surface area contributed by atoms with Gasteiger partial charge < -0.3 is 14.2 Å². The van der Waals surface area contributed by atoms with Gasteiger partial charge in [-0.3, -0.25) is 0 Å². The monoisotopic (exact) mass is 518 g/mol. The van der Waals surface area contributed by atoms with E-state index in [1.165, 1.54) is 19.3 Å². The molecular weight excluding hydrogens is 472 g/mol. The van der Waals surface area contributed by atoms with E-state index in [9.17, 15) is 4.79 Å². The fraction of sp³-hybridized carbons (Fsp3) is 0.500. The molecule has 0 saturated heterocycles. The minimum Gasteiger partial charge on any atom is -0.493 e. The van der Waals surface area contributed by atoms with Gasteiger partial charge in [-0.15, -0.1) is 0 Å². The summed E-state index contributed by atoms with van der Waals surface area (Å²) in [6.45, 7) is 12.1. The Morgan fingerprint density at radius 3 is 2.03 bits per heavy atom. The zero-order valence-electron chi connectivity index (χ0n) is 24.1. The van der Waals surface area contributed by atoms with Crippen LogP contribution in [-0.4, -0.2) is 19.2 Å². The first-order valence-electron chi connectivity index (χ1n) is 14.6. The summed E-state index contributed by atoms with van der Waals surface area (Å²) in [4.78, 5) is 13.6. The molecule has 0 fully saturated rings. The van der Waals surface area contributed by atoms with Crippen LogP contribution in [0.3, 0.4) is 0 Å². The summed E-state index contributed by atoms with van der Waals surface area (Å²) in [5.74, 6) is 2.30. The normalized spacial score (nSPS) is 12.8. The average Bonchev–Trinajstić information content (AvgIpc) is 2.94. The third kappa shape index (κ3) is 7.99. The van der Waals surface area contributed by atoms with Crippen molar-refractivity contribution in [3.63, 3.8) is 0 Å². The number of fused-ring (bicyclic) bond motifs is 1. The fourth-order valence-corrected chi connectivity index (χ4v) is 4.87. The van der Waals surface area contributed by atoms with Crippen LogP contribution >= 0.6 is 0 Å². The van der Waals surface area contributed by atoms with Crippen molar-refractivity contribution in [1.29, 1.82) is 0 Å². The van der Waals surface area contributed by atoms with E-state index in [0.717, 1.165) is 54.2 Å². The maximum atomic E-state index is 13.6.